The van der Waals surface area contributed by atoms with E-state index in [0.29, 0.717) is 5.92 Å². The second-order valence-electron chi connectivity index (χ2n) is 4.93. The Balaban J connectivity index is 2.17. The van der Waals surface area contributed by atoms with Crippen LogP contribution in [0, 0.1) is 5.92 Å². The highest BCUT2D eigenvalue weighted by Gasteiger charge is 2.58. The second kappa shape index (κ2) is 3.82. The van der Waals surface area contributed by atoms with Crippen LogP contribution in [-0.2, 0) is 14.2 Å². The van der Waals surface area contributed by atoms with Crippen LogP contribution in [0.1, 0.15) is 34.1 Å². The maximum absolute atomic E-state index is 6.06. The van der Waals surface area contributed by atoms with Crippen LogP contribution in [-0.4, -0.2) is 28.2 Å². The average molecular weight is 326 g/mol. The van der Waals surface area contributed by atoms with Crippen LogP contribution in [0.3, 0.4) is 0 Å². The number of hydrogen-bond donors (Lipinski definition) is 0. The van der Waals surface area contributed by atoms with Crippen LogP contribution in [0.5, 0.6) is 0 Å². The fourth-order valence-corrected chi connectivity index (χ4v) is 3.89. The van der Waals surface area contributed by atoms with E-state index in [9.17, 15) is 0 Å². The third kappa shape index (κ3) is 1.83. The number of ether oxygens (including phenoxy) is 3. The summed E-state index contributed by atoms with van der Waals surface area (Å²) in [5.41, 5.74) is -0.0631. The van der Waals surface area contributed by atoms with Crippen LogP contribution in [0.4, 0.5) is 0 Å². The molecule has 0 aromatic heterocycles. The van der Waals surface area contributed by atoms with Crippen molar-refractivity contribution in [1.82, 2.24) is 0 Å². The van der Waals surface area contributed by atoms with Gasteiger partial charge < -0.3 is 14.2 Å². The van der Waals surface area contributed by atoms with Crippen LogP contribution >= 0.6 is 22.6 Å². The molecule has 0 radical (unpaired) electrons. The first kappa shape index (κ1) is 12.1. The predicted octanol–water partition coefficient (Wildman–Crippen LogP) is 2.71. The van der Waals surface area contributed by atoms with Gasteiger partial charge in [0.1, 0.15) is 6.10 Å². The second-order valence-corrected chi connectivity index (χ2v) is 5.69. The Morgan fingerprint density at radius 3 is 2.33 bits per heavy atom. The van der Waals surface area contributed by atoms with Gasteiger partial charge in [-0.1, -0.05) is 36.4 Å². The summed E-state index contributed by atoms with van der Waals surface area (Å²) < 4.78 is 18.7. The van der Waals surface area contributed by atoms with Crippen molar-refractivity contribution in [3.8, 4) is 0 Å². The van der Waals surface area contributed by atoms with Crippen molar-refractivity contribution < 1.29 is 14.2 Å². The van der Waals surface area contributed by atoms with Crippen molar-refractivity contribution in [3.63, 3.8) is 0 Å². The summed E-state index contributed by atoms with van der Waals surface area (Å²) in [4.78, 5) is 0. The molecule has 1 unspecified atom stereocenters. The van der Waals surface area contributed by atoms with E-state index in [1.165, 1.54) is 0 Å². The first-order chi connectivity index (χ1) is 6.94. The fraction of sp³-hybridized carbons (Fsp3) is 1.00. The lowest BCUT2D eigenvalue weighted by Gasteiger charge is -2.33. The van der Waals surface area contributed by atoms with Crippen molar-refractivity contribution in [3.05, 3.63) is 0 Å². The van der Waals surface area contributed by atoms with Crippen LogP contribution in [0.25, 0.3) is 0 Å². The SMILES string of the molecule is CCC1(CI)O[C@@H]2OC(C)(C)O[C@@H]2[C@@H]1C. The Bertz CT molecular complexity index is 250. The third-order valence-corrected chi connectivity index (χ3v) is 4.88. The number of rotatable bonds is 2. The Labute approximate surface area is 105 Å². The van der Waals surface area contributed by atoms with Gasteiger partial charge in [-0.25, -0.2) is 0 Å². The van der Waals surface area contributed by atoms with Gasteiger partial charge in [-0.2, -0.15) is 0 Å². The zero-order valence-corrected chi connectivity index (χ0v) is 11.9. The van der Waals surface area contributed by atoms with Crippen molar-refractivity contribution in [2.45, 2.75) is 57.9 Å². The molecule has 0 spiro atoms. The Morgan fingerprint density at radius 1 is 1.20 bits per heavy atom. The van der Waals surface area contributed by atoms with E-state index in [-0.39, 0.29) is 18.0 Å². The molecule has 0 bridgehead atoms. The fourth-order valence-electron chi connectivity index (χ4n) is 2.48. The highest BCUT2D eigenvalue weighted by molar-refractivity contribution is 14.1. The highest BCUT2D eigenvalue weighted by atomic mass is 127. The lowest BCUT2D eigenvalue weighted by atomic mass is 9.87. The lowest BCUT2D eigenvalue weighted by Crippen LogP contribution is -2.40. The maximum Gasteiger partial charge on any atom is 0.188 e. The van der Waals surface area contributed by atoms with Crippen molar-refractivity contribution in [2.75, 3.05) is 4.43 Å². The van der Waals surface area contributed by atoms with Gasteiger partial charge in [0.25, 0.3) is 0 Å². The van der Waals surface area contributed by atoms with E-state index in [4.69, 9.17) is 14.2 Å². The number of fused-ring (bicyclic) bond motifs is 1. The summed E-state index contributed by atoms with van der Waals surface area (Å²) in [7, 11) is 0. The van der Waals surface area contributed by atoms with E-state index in [1.807, 2.05) is 13.8 Å². The molecule has 4 atom stereocenters. The summed E-state index contributed by atoms with van der Waals surface area (Å²) in [5, 5.41) is 0. The molecule has 0 saturated carbocycles. The minimum atomic E-state index is -0.491. The molecule has 2 heterocycles. The molecule has 2 rings (SSSR count). The van der Waals surface area contributed by atoms with Crippen LogP contribution in [0.2, 0.25) is 0 Å². The first-order valence-corrected chi connectivity index (χ1v) is 7.06. The summed E-state index contributed by atoms with van der Waals surface area (Å²) in [6.07, 6.45) is 0.927. The molecule has 0 N–H and O–H groups in total. The smallest absolute Gasteiger partial charge is 0.188 e. The zero-order chi connectivity index (χ0) is 11.3. The average Bonchev–Trinajstić information content (AvgIpc) is 2.59. The predicted molar refractivity (Wildman–Crippen MR) is 66.0 cm³/mol. The largest absolute Gasteiger partial charge is 0.342 e. The van der Waals surface area contributed by atoms with Crippen molar-refractivity contribution in [1.29, 1.82) is 0 Å². The standard InChI is InChI=1S/C11H19IO3/c1-5-11(6-12)7(2)8-9(15-11)14-10(3,4)13-8/h7-9H,5-6H2,1-4H3/t7-,8+,9-,11?/m0/s1. The monoisotopic (exact) mass is 326 g/mol. The summed E-state index contributed by atoms with van der Waals surface area (Å²) in [6.45, 7) is 8.26. The van der Waals surface area contributed by atoms with Gasteiger partial charge in [0.2, 0.25) is 0 Å². The number of alkyl halides is 1. The Hall–Kier alpha value is 0.610. The van der Waals surface area contributed by atoms with E-state index < -0.39 is 5.79 Å². The van der Waals surface area contributed by atoms with Crippen molar-refractivity contribution >= 4 is 22.6 Å². The Kier molecular flexibility index (Phi) is 3.08. The molecule has 0 amide bonds. The molecule has 4 heteroatoms. The molecule has 2 fully saturated rings. The summed E-state index contributed by atoms with van der Waals surface area (Å²) in [5.74, 6) is -0.0967. The van der Waals surface area contributed by atoms with E-state index in [1.54, 1.807) is 0 Å². The maximum atomic E-state index is 6.06. The van der Waals surface area contributed by atoms with E-state index in [0.717, 1.165) is 10.8 Å². The van der Waals surface area contributed by atoms with Gasteiger partial charge in [-0.3, -0.25) is 0 Å². The molecule has 2 saturated heterocycles. The zero-order valence-electron chi connectivity index (χ0n) is 9.75. The van der Waals surface area contributed by atoms with E-state index >= 15 is 0 Å². The molecule has 2 aliphatic rings. The molecule has 2 aliphatic heterocycles. The van der Waals surface area contributed by atoms with E-state index in [2.05, 4.69) is 36.4 Å². The minimum absolute atomic E-state index is 0.0631. The molecule has 3 nitrogen and oxygen atoms in total. The topological polar surface area (TPSA) is 27.7 Å². The molecule has 15 heavy (non-hydrogen) atoms. The first-order valence-electron chi connectivity index (χ1n) is 5.53. The summed E-state index contributed by atoms with van der Waals surface area (Å²) >= 11 is 2.39. The number of halogens is 1. The van der Waals surface area contributed by atoms with Gasteiger partial charge in [-0.15, -0.1) is 0 Å². The summed E-state index contributed by atoms with van der Waals surface area (Å²) in [6, 6.07) is 0. The lowest BCUT2D eigenvalue weighted by molar-refractivity contribution is -0.227. The van der Waals surface area contributed by atoms with Gasteiger partial charge in [-0.05, 0) is 20.3 Å². The number of hydrogen-bond acceptors (Lipinski definition) is 3. The van der Waals surface area contributed by atoms with Gasteiger partial charge in [0, 0.05) is 10.3 Å². The highest BCUT2D eigenvalue weighted by Crippen LogP contribution is 2.47. The molecule has 0 aromatic rings. The third-order valence-electron chi connectivity index (χ3n) is 3.59. The van der Waals surface area contributed by atoms with Gasteiger partial charge >= 0.3 is 0 Å². The minimum Gasteiger partial charge on any atom is -0.342 e. The van der Waals surface area contributed by atoms with Crippen LogP contribution < -0.4 is 0 Å². The van der Waals surface area contributed by atoms with Crippen molar-refractivity contribution in [2.24, 2.45) is 5.92 Å². The molecule has 88 valence electrons. The molecular weight excluding hydrogens is 307 g/mol. The van der Waals surface area contributed by atoms with Gasteiger partial charge in [0.15, 0.2) is 12.1 Å². The molecule has 0 aromatic carbocycles. The van der Waals surface area contributed by atoms with Gasteiger partial charge in [0.05, 0.1) is 5.60 Å². The molecule has 0 aliphatic carbocycles. The normalized spacial score (nSPS) is 48.2. The Morgan fingerprint density at radius 2 is 1.87 bits per heavy atom. The van der Waals surface area contributed by atoms with Crippen LogP contribution in [0.15, 0.2) is 0 Å². The molecular formula is C11H19IO3. The quantitative estimate of drug-likeness (QED) is 0.577.